The highest BCUT2D eigenvalue weighted by molar-refractivity contribution is 7.17. The maximum absolute atomic E-state index is 13.0. The molecular formula is C22H20F3N7S. The van der Waals surface area contributed by atoms with Crippen LogP contribution in [0.25, 0.3) is 10.2 Å². The Balaban J connectivity index is 1.35. The van der Waals surface area contributed by atoms with Crippen molar-refractivity contribution in [1.82, 2.24) is 15.3 Å². The van der Waals surface area contributed by atoms with Crippen molar-refractivity contribution in [1.29, 1.82) is 0 Å². The first-order valence-corrected chi connectivity index (χ1v) is 10.9. The van der Waals surface area contributed by atoms with Gasteiger partial charge in [0.2, 0.25) is 5.96 Å². The van der Waals surface area contributed by atoms with E-state index in [1.807, 2.05) is 35.7 Å². The van der Waals surface area contributed by atoms with Gasteiger partial charge in [-0.25, -0.2) is 20.0 Å². The van der Waals surface area contributed by atoms with E-state index in [9.17, 15) is 13.2 Å². The lowest BCUT2D eigenvalue weighted by molar-refractivity contribution is -0.0857. The number of guanidine groups is 1. The highest BCUT2D eigenvalue weighted by Gasteiger charge is 2.32. The van der Waals surface area contributed by atoms with Crippen molar-refractivity contribution in [2.24, 2.45) is 9.98 Å². The first-order chi connectivity index (χ1) is 15.9. The molecule has 3 N–H and O–H groups in total. The van der Waals surface area contributed by atoms with E-state index in [0.29, 0.717) is 6.54 Å². The van der Waals surface area contributed by atoms with Crippen LogP contribution in [0.4, 0.5) is 24.7 Å². The minimum atomic E-state index is -4.49. The van der Waals surface area contributed by atoms with Gasteiger partial charge in [0.05, 0.1) is 22.3 Å². The fourth-order valence-corrected chi connectivity index (χ4v) is 3.85. The van der Waals surface area contributed by atoms with Gasteiger partial charge in [-0.2, -0.15) is 13.2 Å². The number of nitrogens with one attached hydrogen (secondary N) is 3. The van der Waals surface area contributed by atoms with Crippen LogP contribution < -0.4 is 16.0 Å². The molecule has 0 bridgehead atoms. The van der Waals surface area contributed by atoms with Crippen molar-refractivity contribution in [2.45, 2.75) is 12.6 Å². The Labute approximate surface area is 191 Å². The van der Waals surface area contributed by atoms with E-state index in [1.165, 1.54) is 0 Å². The quantitative estimate of drug-likeness (QED) is 0.500. The lowest BCUT2D eigenvalue weighted by Gasteiger charge is -2.12. The van der Waals surface area contributed by atoms with E-state index < -0.39 is 11.7 Å². The number of rotatable bonds is 5. The molecule has 11 heteroatoms. The van der Waals surface area contributed by atoms with Gasteiger partial charge in [-0.1, -0.05) is 18.7 Å². The summed E-state index contributed by atoms with van der Waals surface area (Å²) in [7, 11) is 0. The van der Waals surface area contributed by atoms with E-state index >= 15 is 0 Å². The number of alkyl halides is 3. The third-order valence-electron chi connectivity index (χ3n) is 4.68. The highest BCUT2D eigenvalue weighted by atomic mass is 32.1. The van der Waals surface area contributed by atoms with Gasteiger partial charge in [0.15, 0.2) is 0 Å². The van der Waals surface area contributed by atoms with Crippen LogP contribution in [0.3, 0.4) is 0 Å². The molecule has 4 rings (SSSR count). The number of hydrogen-bond acceptors (Lipinski definition) is 8. The van der Waals surface area contributed by atoms with E-state index in [4.69, 9.17) is 0 Å². The molecule has 3 heterocycles. The summed E-state index contributed by atoms with van der Waals surface area (Å²) < 4.78 is 39.9. The fourth-order valence-electron chi connectivity index (χ4n) is 3.04. The van der Waals surface area contributed by atoms with Gasteiger partial charge in [0, 0.05) is 18.4 Å². The molecule has 3 aromatic rings. The average molecular weight is 472 g/mol. The van der Waals surface area contributed by atoms with Crippen molar-refractivity contribution < 1.29 is 13.2 Å². The number of halogens is 3. The van der Waals surface area contributed by atoms with Crippen LogP contribution in [-0.4, -0.2) is 41.4 Å². The van der Waals surface area contributed by atoms with Gasteiger partial charge in [0.1, 0.15) is 18.0 Å². The first kappa shape index (κ1) is 22.5. The summed E-state index contributed by atoms with van der Waals surface area (Å²) in [6, 6.07) is 9.64. The summed E-state index contributed by atoms with van der Waals surface area (Å²) in [6.07, 6.45) is -0.450. The topological polar surface area (TPSA) is 86.6 Å². The summed E-state index contributed by atoms with van der Waals surface area (Å²) in [5, 5.41) is 11.2. The number of hydrogen-bond donors (Lipinski definition) is 3. The summed E-state index contributed by atoms with van der Waals surface area (Å²) in [6.45, 7) is 4.16. The van der Waals surface area contributed by atoms with E-state index in [0.717, 1.165) is 46.0 Å². The molecule has 0 amide bonds. The van der Waals surface area contributed by atoms with E-state index in [2.05, 4.69) is 42.5 Å². The van der Waals surface area contributed by atoms with Gasteiger partial charge in [-0.05, 0) is 41.6 Å². The molecule has 0 spiro atoms. The molecule has 0 atom stereocenters. The smallest absolute Gasteiger partial charge is 0.368 e. The molecule has 2 aromatic heterocycles. The van der Waals surface area contributed by atoms with Gasteiger partial charge >= 0.3 is 6.18 Å². The number of aliphatic imine (C=N–C) groups is 2. The molecule has 0 aliphatic carbocycles. The number of benzene rings is 1. The Hall–Kier alpha value is -3.73. The van der Waals surface area contributed by atoms with Crippen LogP contribution in [0.5, 0.6) is 0 Å². The van der Waals surface area contributed by atoms with Crippen LogP contribution in [-0.2, 0) is 6.42 Å². The van der Waals surface area contributed by atoms with Crippen molar-refractivity contribution in [3.05, 3.63) is 71.7 Å². The summed E-state index contributed by atoms with van der Waals surface area (Å²) in [4.78, 5) is 16.4. The predicted octanol–water partition coefficient (Wildman–Crippen LogP) is 4.75. The van der Waals surface area contributed by atoms with Gasteiger partial charge in [-0.15, -0.1) is 11.3 Å². The third-order valence-corrected chi connectivity index (χ3v) is 5.59. The fraction of sp³-hybridized carbons (Fsp3) is 0.182. The maximum Gasteiger partial charge on any atom is 0.417 e. The molecule has 0 unspecified atom stereocenters. The second-order valence-corrected chi connectivity index (χ2v) is 7.95. The predicted molar refractivity (Wildman–Crippen MR) is 127 cm³/mol. The Morgan fingerprint density at radius 2 is 1.94 bits per heavy atom. The van der Waals surface area contributed by atoms with Crippen molar-refractivity contribution >= 4 is 45.2 Å². The molecule has 1 aliphatic heterocycles. The number of nitrogens with zero attached hydrogens (tertiary/aromatic N) is 4. The van der Waals surface area contributed by atoms with Crippen LogP contribution in [0.1, 0.15) is 5.56 Å². The molecule has 0 saturated carbocycles. The summed E-state index contributed by atoms with van der Waals surface area (Å²) in [5.74, 6) is 1.13. The number of anilines is 2. The molecular weight excluding hydrogens is 451 g/mol. The maximum atomic E-state index is 13.0. The minimum absolute atomic E-state index is 0.0468. The molecule has 0 saturated heterocycles. The second kappa shape index (κ2) is 9.82. The number of thiophene rings is 1. The largest absolute Gasteiger partial charge is 0.417 e. The molecule has 7 nitrogen and oxygen atoms in total. The zero-order chi connectivity index (χ0) is 23.3. The summed E-state index contributed by atoms with van der Waals surface area (Å²) >= 11 is 1.60. The average Bonchev–Trinajstić information content (AvgIpc) is 3.28. The number of aromatic nitrogens is 2. The summed E-state index contributed by atoms with van der Waals surface area (Å²) in [5.41, 5.74) is 1.90. The monoisotopic (exact) mass is 471 g/mol. The van der Waals surface area contributed by atoms with Crippen LogP contribution in [0, 0.1) is 0 Å². The van der Waals surface area contributed by atoms with E-state index in [1.54, 1.807) is 17.7 Å². The van der Waals surface area contributed by atoms with E-state index in [-0.39, 0.29) is 18.3 Å². The number of allylic oxidation sites excluding steroid dienone is 1. The lowest BCUT2D eigenvalue weighted by Crippen LogP contribution is -2.29. The van der Waals surface area contributed by atoms with Gasteiger partial charge < -0.3 is 16.0 Å². The second-order valence-electron chi connectivity index (χ2n) is 7.03. The van der Waals surface area contributed by atoms with Gasteiger partial charge in [0.25, 0.3) is 0 Å². The lowest BCUT2D eigenvalue weighted by atomic mass is 10.1. The van der Waals surface area contributed by atoms with Crippen LogP contribution in [0.15, 0.2) is 76.1 Å². The zero-order valence-corrected chi connectivity index (χ0v) is 18.2. The molecule has 1 aliphatic rings. The van der Waals surface area contributed by atoms with Crippen molar-refractivity contribution in [3.63, 3.8) is 0 Å². The Morgan fingerprint density at radius 3 is 2.73 bits per heavy atom. The molecule has 1 aromatic carbocycles. The Bertz CT molecular complexity index is 1230. The Morgan fingerprint density at radius 1 is 1.12 bits per heavy atom. The van der Waals surface area contributed by atoms with Crippen molar-refractivity contribution in [3.8, 4) is 0 Å². The SMILES string of the molecule is C=C1/N=C\C(C(F)(F)F)=C/CN=C(Nc2ccc(CCNc3ncnc4ccsc34)cc2)N1. The Kier molecular flexibility index (Phi) is 6.68. The molecule has 0 radical (unpaired) electrons. The minimum Gasteiger partial charge on any atom is -0.368 e. The van der Waals surface area contributed by atoms with Crippen LogP contribution >= 0.6 is 11.3 Å². The normalized spacial score (nSPS) is 17.1. The first-order valence-electron chi connectivity index (χ1n) is 9.98. The molecule has 0 fully saturated rings. The third kappa shape index (κ3) is 5.95. The standard InChI is InChI=1S/C22H20F3N7S/c1-14-28-12-16(22(23,24)25)7-10-27-21(31-14)32-17-4-2-15(3-5-17)6-9-26-20-19-18(8-11-33-19)29-13-30-20/h2-5,7-8,11-13H,1,6,9-10H2,(H,26,29,30)(H2,27,31,32)/b16-7+,28-12-. The highest BCUT2D eigenvalue weighted by Crippen LogP contribution is 2.25. The van der Waals surface area contributed by atoms with Crippen LogP contribution in [0.2, 0.25) is 0 Å². The zero-order valence-electron chi connectivity index (χ0n) is 17.4. The van der Waals surface area contributed by atoms with Gasteiger partial charge in [-0.3, -0.25) is 0 Å². The van der Waals surface area contributed by atoms with Crippen molar-refractivity contribution in [2.75, 3.05) is 23.7 Å². The molecule has 33 heavy (non-hydrogen) atoms. The number of fused-ring (bicyclic) bond motifs is 1. The molecule has 170 valence electrons.